The number of hydrogen-bond donors (Lipinski definition) is 0. The highest BCUT2D eigenvalue weighted by Gasteiger charge is 2.61. The molecule has 2 saturated carbocycles. The Hall–Kier alpha value is -1.68. The van der Waals surface area contributed by atoms with E-state index in [1.165, 1.54) is 38.5 Å². The van der Waals surface area contributed by atoms with Crippen molar-refractivity contribution >= 4 is 0 Å². The minimum absolute atomic E-state index is 0.106. The molecular weight excluding hydrogens is 496 g/mol. The van der Waals surface area contributed by atoms with Crippen molar-refractivity contribution in [1.82, 2.24) is 0 Å². The zero-order valence-electron chi connectivity index (χ0n) is 26.4. The molecule has 4 nitrogen and oxygen atoms in total. The third kappa shape index (κ3) is 6.37. The van der Waals surface area contributed by atoms with Crippen LogP contribution in [0.5, 0.6) is 17.2 Å². The highest BCUT2D eigenvalue weighted by atomic mass is 16.7. The van der Waals surface area contributed by atoms with E-state index in [-0.39, 0.29) is 5.60 Å². The molecule has 2 heterocycles. The van der Waals surface area contributed by atoms with Crippen LogP contribution in [-0.2, 0) is 4.74 Å². The van der Waals surface area contributed by atoms with Crippen LogP contribution >= 0.6 is 0 Å². The van der Waals surface area contributed by atoms with E-state index in [1.54, 1.807) is 5.57 Å². The Bertz CT molecular complexity index is 1010. The highest BCUT2D eigenvalue weighted by Crippen LogP contribution is 2.57. The van der Waals surface area contributed by atoms with Crippen molar-refractivity contribution in [2.24, 2.45) is 47.3 Å². The largest absolute Gasteiger partial charge is 0.489 e. The highest BCUT2D eigenvalue weighted by molar-refractivity contribution is 5.46. The molecule has 2 aliphatic heterocycles. The lowest BCUT2D eigenvalue weighted by atomic mass is 9.63. The van der Waals surface area contributed by atoms with Gasteiger partial charge in [0.05, 0.1) is 11.7 Å². The van der Waals surface area contributed by atoms with Gasteiger partial charge in [-0.15, -0.1) is 0 Å². The summed E-state index contributed by atoms with van der Waals surface area (Å²) in [6.45, 7) is 17.9. The van der Waals surface area contributed by atoms with E-state index in [4.69, 9.17) is 18.9 Å². The predicted molar refractivity (Wildman–Crippen MR) is 163 cm³/mol. The van der Waals surface area contributed by atoms with Crippen LogP contribution in [0.3, 0.4) is 0 Å². The first-order valence-electron chi connectivity index (χ1n) is 16.6. The van der Waals surface area contributed by atoms with E-state index in [9.17, 15) is 0 Å². The monoisotopic (exact) mass is 552 g/mol. The third-order valence-electron chi connectivity index (χ3n) is 11.2. The number of rotatable bonds is 11. The van der Waals surface area contributed by atoms with Crippen molar-refractivity contribution in [3.63, 3.8) is 0 Å². The average molecular weight is 553 g/mol. The Morgan fingerprint density at radius 1 is 0.950 bits per heavy atom. The minimum atomic E-state index is 0.106. The Labute approximate surface area is 244 Å². The standard InChI is InChI=1S/C36H56O4/c1-8-36(32-20-26(7)10-14-30(32)24(4)5)35(40-36)16-11-27(31-19-25(6)9-13-29(31)23(2)3)17-18-37-28-12-15-33-34(21-28)39-22-38-33/h12,15,17,21,23-26,29-32,35H,8-11,13-14,16,18-20,22H2,1-7H3. The summed E-state index contributed by atoms with van der Waals surface area (Å²) in [7, 11) is 0. The summed E-state index contributed by atoms with van der Waals surface area (Å²) in [5.74, 6) is 8.42. The van der Waals surface area contributed by atoms with Crippen molar-refractivity contribution in [2.75, 3.05) is 13.4 Å². The molecule has 0 spiro atoms. The first-order chi connectivity index (χ1) is 19.2. The van der Waals surface area contributed by atoms with Gasteiger partial charge in [0.2, 0.25) is 6.79 Å². The van der Waals surface area contributed by atoms with Gasteiger partial charge in [-0.3, -0.25) is 0 Å². The van der Waals surface area contributed by atoms with E-state index in [2.05, 4.69) is 54.5 Å². The second kappa shape index (κ2) is 12.7. The predicted octanol–water partition coefficient (Wildman–Crippen LogP) is 9.47. The zero-order valence-corrected chi connectivity index (χ0v) is 26.4. The number of fused-ring (bicyclic) bond motifs is 1. The summed E-state index contributed by atoms with van der Waals surface area (Å²) in [5, 5.41) is 0. The number of benzene rings is 1. The van der Waals surface area contributed by atoms with Crippen LogP contribution in [0.4, 0.5) is 0 Å². The van der Waals surface area contributed by atoms with E-state index < -0.39 is 0 Å². The molecule has 4 heteroatoms. The van der Waals surface area contributed by atoms with Gasteiger partial charge in [-0.2, -0.15) is 0 Å². The molecule has 0 amide bonds. The van der Waals surface area contributed by atoms with E-state index in [0.717, 1.165) is 66.1 Å². The van der Waals surface area contributed by atoms with Crippen molar-refractivity contribution in [3.8, 4) is 17.2 Å². The topological polar surface area (TPSA) is 40.2 Å². The molecule has 0 N–H and O–H groups in total. The molecule has 40 heavy (non-hydrogen) atoms. The maximum atomic E-state index is 6.79. The number of ether oxygens (including phenoxy) is 4. The van der Waals surface area contributed by atoms with E-state index in [1.807, 2.05) is 18.2 Å². The maximum Gasteiger partial charge on any atom is 0.231 e. The minimum Gasteiger partial charge on any atom is -0.489 e. The third-order valence-corrected chi connectivity index (χ3v) is 11.2. The van der Waals surface area contributed by atoms with Gasteiger partial charge in [0.1, 0.15) is 12.4 Å². The lowest BCUT2D eigenvalue weighted by Crippen LogP contribution is -2.39. The molecule has 224 valence electrons. The number of hydrogen-bond acceptors (Lipinski definition) is 4. The zero-order chi connectivity index (χ0) is 28.4. The van der Waals surface area contributed by atoms with Crippen LogP contribution in [0.15, 0.2) is 29.8 Å². The Morgan fingerprint density at radius 3 is 2.38 bits per heavy atom. The van der Waals surface area contributed by atoms with Gasteiger partial charge in [0.15, 0.2) is 11.5 Å². The number of epoxide rings is 1. The lowest BCUT2D eigenvalue weighted by molar-refractivity contribution is 0.0627. The fourth-order valence-electron chi connectivity index (χ4n) is 8.77. The second-order valence-corrected chi connectivity index (χ2v) is 14.4. The number of allylic oxidation sites excluding steroid dienone is 1. The summed E-state index contributed by atoms with van der Waals surface area (Å²) < 4.78 is 24.1. The summed E-state index contributed by atoms with van der Waals surface area (Å²) in [6.07, 6.45) is 14.4. The molecule has 1 aromatic rings. The van der Waals surface area contributed by atoms with Crippen molar-refractivity contribution in [2.45, 2.75) is 118 Å². The van der Waals surface area contributed by atoms with Gasteiger partial charge in [0, 0.05) is 6.07 Å². The van der Waals surface area contributed by atoms with Crippen molar-refractivity contribution in [3.05, 3.63) is 29.8 Å². The van der Waals surface area contributed by atoms with Gasteiger partial charge in [0.25, 0.3) is 0 Å². The summed E-state index contributed by atoms with van der Waals surface area (Å²) >= 11 is 0. The molecule has 0 bridgehead atoms. The van der Waals surface area contributed by atoms with Crippen molar-refractivity contribution in [1.29, 1.82) is 0 Å². The Kier molecular flexibility index (Phi) is 9.44. The van der Waals surface area contributed by atoms with Crippen LogP contribution in [0.2, 0.25) is 0 Å². The second-order valence-electron chi connectivity index (χ2n) is 14.4. The molecular formula is C36H56O4. The van der Waals surface area contributed by atoms with Gasteiger partial charge < -0.3 is 18.9 Å². The average Bonchev–Trinajstić information content (AvgIpc) is 3.46. The molecule has 8 atom stereocenters. The summed E-state index contributed by atoms with van der Waals surface area (Å²) in [4.78, 5) is 0. The van der Waals surface area contributed by atoms with Crippen LogP contribution in [-0.4, -0.2) is 25.1 Å². The first kappa shape index (κ1) is 29.8. The molecule has 1 saturated heterocycles. The molecule has 0 aromatic heterocycles. The van der Waals surface area contributed by atoms with Crippen LogP contribution in [0.25, 0.3) is 0 Å². The SMILES string of the molecule is CCC1(C2CC(C)CCC2C(C)C)OC1CCC(=CCOc1ccc2c(c1)OCO2)C1CC(C)CCC1C(C)C. The molecule has 8 unspecified atom stereocenters. The Morgan fingerprint density at radius 2 is 1.65 bits per heavy atom. The van der Waals surface area contributed by atoms with Gasteiger partial charge in [-0.1, -0.05) is 66.9 Å². The quantitative estimate of drug-likeness (QED) is 0.202. The van der Waals surface area contributed by atoms with Crippen LogP contribution in [0.1, 0.15) is 106 Å². The molecule has 1 aromatic carbocycles. The molecule has 0 radical (unpaired) electrons. The molecule has 3 fully saturated rings. The van der Waals surface area contributed by atoms with E-state index >= 15 is 0 Å². The van der Waals surface area contributed by atoms with Gasteiger partial charge >= 0.3 is 0 Å². The fraction of sp³-hybridized carbons (Fsp3) is 0.778. The van der Waals surface area contributed by atoms with Crippen LogP contribution in [0, 0.1) is 47.3 Å². The smallest absolute Gasteiger partial charge is 0.231 e. The fourth-order valence-corrected chi connectivity index (χ4v) is 8.77. The lowest BCUT2D eigenvalue weighted by Gasteiger charge is -2.41. The normalized spacial score (nSPS) is 35.8. The Balaban J connectivity index is 1.30. The maximum absolute atomic E-state index is 6.79. The summed E-state index contributed by atoms with van der Waals surface area (Å²) in [5.41, 5.74) is 1.72. The molecule has 4 aliphatic rings. The van der Waals surface area contributed by atoms with Crippen molar-refractivity contribution < 1.29 is 18.9 Å². The van der Waals surface area contributed by atoms with E-state index in [0.29, 0.717) is 37.3 Å². The van der Waals surface area contributed by atoms with Gasteiger partial charge in [-0.25, -0.2) is 0 Å². The summed E-state index contributed by atoms with van der Waals surface area (Å²) in [6, 6.07) is 5.90. The molecule has 2 aliphatic carbocycles. The van der Waals surface area contributed by atoms with Crippen LogP contribution < -0.4 is 14.2 Å². The molecule has 5 rings (SSSR count). The first-order valence-corrected chi connectivity index (χ1v) is 16.6. The van der Waals surface area contributed by atoms with Gasteiger partial charge in [-0.05, 0) is 110 Å².